The Labute approximate surface area is 95.8 Å². The number of hydrogen-bond donors (Lipinski definition) is 1. The Morgan fingerprint density at radius 1 is 1.50 bits per heavy atom. The zero-order valence-corrected chi connectivity index (χ0v) is 9.53. The molecule has 1 N–H and O–H groups in total. The monoisotopic (exact) mass is 219 g/mol. The number of benzene rings is 1. The maximum atomic E-state index is 11.4. The smallest absolute Gasteiger partial charge is 0.306 e. The summed E-state index contributed by atoms with van der Waals surface area (Å²) in [4.78, 5) is 11.4. The summed E-state index contributed by atoms with van der Waals surface area (Å²) >= 11 is 0. The molecule has 3 heteroatoms. The van der Waals surface area contributed by atoms with E-state index in [0.29, 0.717) is 12.3 Å². The minimum Gasteiger partial charge on any atom is -0.469 e. The number of para-hydroxylation sites is 1. The van der Waals surface area contributed by atoms with E-state index in [4.69, 9.17) is 4.74 Å². The number of carbonyl (C=O) groups is 1. The summed E-state index contributed by atoms with van der Waals surface area (Å²) in [5.41, 5.74) is 2.40. The van der Waals surface area contributed by atoms with Gasteiger partial charge in [-0.25, -0.2) is 0 Å². The van der Waals surface area contributed by atoms with E-state index in [0.717, 1.165) is 25.1 Å². The lowest BCUT2D eigenvalue weighted by Gasteiger charge is -2.15. The van der Waals surface area contributed by atoms with E-state index in [1.54, 1.807) is 0 Å². The third-order valence-electron chi connectivity index (χ3n) is 3.09. The number of ether oxygens (including phenoxy) is 1. The van der Waals surface area contributed by atoms with E-state index < -0.39 is 0 Å². The minimum atomic E-state index is -0.123. The van der Waals surface area contributed by atoms with Gasteiger partial charge in [0.05, 0.1) is 13.5 Å². The predicted octanol–water partition coefficient (Wildman–Crippen LogP) is 2.54. The molecule has 0 fully saturated rings. The highest BCUT2D eigenvalue weighted by Gasteiger charge is 2.20. The summed E-state index contributed by atoms with van der Waals surface area (Å²) in [5, 5.41) is 3.39. The van der Waals surface area contributed by atoms with Crippen LogP contribution >= 0.6 is 0 Å². The first-order valence-corrected chi connectivity index (χ1v) is 5.71. The van der Waals surface area contributed by atoms with Gasteiger partial charge in [0.2, 0.25) is 0 Å². The van der Waals surface area contributed by atoms with E-state index in [2.05, 4.69) is 17.4 Å². The minimum absolute atomic E-state index is 0.123. The normalized spacial score (nSPS) is 19.2. The summed E-state index contributed by atoms with van der Waals surface area (Å²) in [6, 6.07) is 8.22. The molecular formula is C13H17NO2. The Morgan fingerprint density at radius 3 is 3.12 bits per heavy atom. The number of rotatable bonds is 2. The van der Waals surface area contributed by atoms with Crippen molar-refractivity contribution in [2.45, 2.75) is 25.2 Å². The molecule has 1 aromatic rings. The standard InChI is InChI=1S/C13H17NO2/c1-16-13(15)9-10-5-4-8-14-12-7-3-2-6-11(10)12/h2-3,6-7,10,14H,4-5,8-9H2,1H3. The van der Waals surface area contributed by atoms with Crippen LogP contribution in [0, 0.1) is 0 Å². The summed E-state index contributed by atoms with van der Waals surface area (Å²) in [5.74, 6) is 0.167. The van der Waals surface area contributed by atoms with E-state index in [1.165, 1.54) is 12.7 Å². The van der Waals surface area contributed by atoms with Crippen molar-refractivity contribution in [3.05, 3.63) is 29.8 Å². The van der Waals surface area contributed by atoms with Crippen molar-refractivity contribution in [3.8, 4) is 0 Å². The van der Waals surface area contributed by atoms with Crippen molar-refractivity contribution in [2.24, 2.45) is 0 Å². The van der Waals surface area contributed by atoms with E-state index >= 15 is 0 Å². The van der Waals surface area contributed by atoms with Crippen LogP contribution in [0.2, 0.25) is 0 Å². The molecule has 0 radical (unpaired) electrons. The van der Waals surface area contributed by atoms with Crippen molar-refractivity contribution in [1.29, 1.82) is 0 Å². The second-order valence-electron chi connectivity index (χ2n) is 4.13. The van der Waals surface area contributed by atoms with Gasteiger partial charge in [-0.2, -0.15) is 0 Å². The fourth-order valence-corrected chi connectivity index (χ4v) is 2.24. The van der Waals surface area contributed by atoms with Crippen LogP contribution in [0.15, 0.2) is 24.3 Å². The van der Waals surface area contributed by atoms with Crippen molar-refractivity contribution >= 4 is 11.7 Å². The number of anilines is 1. The maximum Gasteiger partial charge on any atom is 0.306 e. The first-order chi connectivity index (χ1) is 7.81. The van der Waals surface area contributed by atoms with E-state index in [-0.39, 0.29) is 5.97 Å². The topological polar surface area (TPSA) is 38.3 Å². The number of carbonyl (C=O) groups excluding carboxylic acids is 1. The fraction of sp³-hybridized carbons (Fsp3) is 0.462. The average molecular weight is 219 g/mol. The van der Waals surface area contributed by atoms with Gasteiger partial charge in [0.15, 0.2) is 0 Å². The van der Waals surface area contributed by atoms with Crippen LogP contribution < -0.4 is 5.32 Å². The highest BCUT2D eigenvalue weighted by atomic mass is 16.5. The zero-order valence-electron chi connectivity index (χ0n) is 9.53. The van der Waals surface area contributed by atoms with Gasteiger partial charge in [0, 0.05) is 12.2 Å². The summed E-state index contributed by atoms with van der Waals surface area (Å²) < 4.78 is 4.75. The van der Waals surface area contributed by atoms with Crippen LogP contribution in [0.1, 0.15) is 30.7 Å². The van der Waals surface area contributed by atoms with Gasteiger partial charge in [-0.1, -0.05) is 18.2 Å². The third kappa shape index (κ3) is 2.35. The number of nitrogens with one attached hydrogen (secondary N) is 1. The molecule has 0 bridgehead atoms. The molecule has 0 saturated carbocycles. The van der Waals surface area contributed by atoms with Gasteiger partial charge < -0.3 is 10.1 Å². The first kappa shape index (κ1) is 11.0. The highest BCUT2D eigenvalue weighted by molar-refractivity contribution is 5.71. The van der Waals surface area contributed by atoms with Gasteiger partial charge in [-0.05, 0) is 30.4 Å². The van der Waals surface area contributed by atoms with Crippen LogP contribution in [0.25, 0.3) is 0 Å². The molecular weight excluding hydrogens is 202 g/mol. The van der Waals surface area contributed by atoms with Crippen molar-refractivity contribution in [3.63, 3.8) is 0 Å². The summed E-state index contributed by atoms with van der Waals surface area (Å²) in [6.45, 7) is 0.981. The Balaban J connectivity index is 2.22. The summed E-state index contributed by atoms with van der Waals surface area (Å²) in [7, 11) is 1.45. The largest absolute Gasteiger partial charge is 0.469 e. The van der Waals surface area contributed by atoms with Gasteiger partial charge in [-0.15, -0.1) is 0 Å². The number of hydrogen-bond acceptors (Lipinski definition) is 3. The van der Waals surface area contributed by atoms with Crippen LogP contribution in [0.5, 0.6) is 0 Å². The van der Waals surface area contributed by atoms with Crippen molar-refractivity contribution in [2.75, 3.05) is 19.0 Å². The lowest BCUT2D eigenvalue weighted by atomic mass is 9.91. The second-order valence-corrected chi connectivity index (χ2v) is 4.13. The molecule has 86 valence electrons. The van der Waals surface area contributed by atoms with Crippen molar-refractivity contribution < 1.29 is 9.53 Å². The van der Waals surface area contributed by atoms with Gasteiger partial charge in [0.25, 0.3) is 0 Å². The number of methoxy groups -OCH3 is 1. The molecule has 0 spiro atoms. The lowest BCUT2D eigenvalue weighted by molar-refractivity contribution is -0.141. The molecule has 0 amide bonds. The molecule has 1 atom stereocenters. The van der Waals surface area contributed by atoms with Gasteiger partial charge in [0.1, 0.15) is 0 Å². The van der Waals surface area contributed by atoms with Gasteiger partial charge >= 0.3 is 5.97 Å². The zero-order chi connectivity index (χ0) is 11.4. The van der Waals surface area contributed by atoms with Crippen LogP contribution in [0.3, 0.4) is 0 Å². The molecule has 3 nitrogen and oxygen atoms in total. The Kier molecular flexibility index (Phi) is 3.44. The Morgan fingerprint density at radius 2 is 2.31 bits per heavy atom. The molecule has 1 aromatic carbocycles. The Bertz CT molecular complexity index is 376. The molecule has 1 unspecified atom stereocenters. The molecule has 16 heavy (non-hydrogen) atoms. The SMILES string of the molecule is COC(=O)CC1CCCNc2ccccc21. The molecule has 1 aliphatic rings. The number of fused-ring (bicyclic) bond motifs is 1. The second kappa shape index (κ2) is 5.01. The molecule has 1 aliphatic heterocycles. The van der Waals surface area contributed by atoms with Crippen LogP contribution in [0.4, 0.5) is 5.69 Å². The molecule has 2 rings (SSSR count). The summed E-state index contributed by atoms with van der Waals surface area (Å²) in [6.07, 6.45) is 2.62. The molecule has 0 aromatic heterocycles. The fourth-order valence-electron chi connectivity index (χ4n) is 2.24. The van der Waals surface area contributed by atoms with E-state index in [1.807, 2.05) is 12.1 Å². The number of esters is 1. The van der Waals surface area contributed by atoms with Gasteiger partial charge in [-0.3, -0.25) is 4.79 Å². The van der Waals surface area contributed by atoms with E-state index in [9.17, 15) is 4.79 Å². The average Bonchev–Trinajstić information content (AvgIpc) is 2.52. The van der Waals surface area contributed by atoms with Crippen LogP contribution in [-0.4, -0.2) is 19.6 Å². The first-order valence-electron chi connectivity index (χ1n) is 5.71. The Hall–Kier alpha value is -1.51. The predicted molar refractivity (Wildman–Crippen MR) is 63.5 cm³/mol. The quantitative estimate of drug-likeness (QED) is 0.777. The van der Waals surface area contributed by atoms with Crippen molar-refractivity contribution in [1.82, 2.24) is 0 Å². The molecule has 0 aliphatic carbocycles. The lowest BCUT2D eigenvalue weighted by Crippen LogP contribution is -2.08. The van der Waals surface area contributed by atoms with Crippen LogP contribution in [-0.2, 0) is 9.53 Å². The molecule has 0 saturated heterocycles. The third-order valence-corrected chi connectivity index (χ3v) is 3.09. The highest BCUT2D eigenvalue weighted by Crippen LogP contribution is 2.33. The molecule has 1 heterocycles. The maximum absolute atomic E-state index is 11.4.